The number of rotatable bonds is 7. The fourth-order valence-corrected chi connectivity index (χ4v) is 2.75. The van der Waals surface area contributed by atoms with Gasteiger partial charge in [0.05, 0.1) is 0 Å². The second-order valence-electron chi connectivity index (χ2n) is 5.83. The lowest BCUT2D eigenvalue weighted by molar-refractivity contribution is 0.0712. The molecule has 0 spiro atoms. The van der Waals surface area contributed by atoms with Gasteiger partial charge in [-0.2, -0.15) is 0 Å². The Kier molecular flexibility index (Phi) is 6.45. The monoisotopic (exact) mass is 242 g/mol. The van der Waals surface area contributed by atoms with Crippen LogP contribution in [0.15, 0.2) is 0 Å². The summed E-state index contributed by atoms with van der Waals surface area (Å²) in [6.07, 6.45) is 8.07. The molecule has 2 N–H and O–H groups in total. The van der Waals surface area contributed by atoms with E-state index in [1.165, 1.54) is 38.6 Å². The van der Waals surface area contributed by atoms with Crippen molar-refractivity contribution in [3.8, 4) is 0 Å². The van der Waals surface area contributed by atoms with Crippen LogP contribution in [0.5, 0.6) is 0 Å². The largest absolute Gasteiger partial charge is 0.385 e. The molecule has 1 atom stereocenters. The molecule has 0 bridgehead atoms. The molecule has 0 aromatic heterocycles. The zero-order chi connectivity index (χ0) is 12.7. The van der Waals surface area contributed by atoms with Gasteiger partial charge in [-0.15, -0.1) is 0 Å². The van der Waals surface area contributed by atoms with Crippen LogP contribution in [0, 0.1) is 5.92 Å². The van der Waals surface area contributed by atoms with E-state index in [9.17, 15) is 0 Å². The van der Waals surface area contributed by atoms with E-state index in [1.54, 1.807) is 7.11 Å². The lowest BCUT2D eigenvalue weighted by Crippen LogP contribution is -2.52. The molecule has 1 unspecified atom stereocenters. The Morgan fingerprint density at radius 3 is 2.47 bits per heavy atom. The zero-order valence-electron chi connectivity index (χ0n) is 11.9. The van der Waals surface area contributed by atoms with Gasteiger partial charge in [-0.25, -0.2) is 0 Å². The molecule has 1 saturated carbocycles. The summed E-state index contributed by atoms with van der Waals surface area (Å²) in [4.78, 5) is 2.46. The average molecular weight is 242 g/mol. The molecule has 0 radical (unpaired) electrons. The second-order valence-corrected chi connectivity index (χ2v) is 5.83. The fourth-order valence-electron chi connectivity index (χ4n) is 2.75. The molecule has 0 aliphatic heterocycles. The van der Waals surface area contributed by atoms with Crippen LogP contribution in [-0.4, -0.2) is 44.3 Å². The predicted molar refractivity (Wildman–Crippen MR) is 73.2 cm³/mol. The van der Waals surface area contributed by atoms with Crippen LogP contribution in [0.2, 0.25) is 0 Å². The van der Waals surface area contributed by atoms with E-state index in [1.807, 2.05) is 0 Å². The Morgan fingerprint density at radius 2 is 1.94 bits per heavy atom. The van der Waals surface area contributed by atoms with Crippen LogP contribution < -0.4 is 5.73 Å². The van der Waals surface area contributed by atoms with E-state index >= 15 is 0 Å². The number of nitrogens with zero attached hydrogens (tertiary/aromatic N) is 1. The van der Waals surface area contributed by atoms with Crippen molar-refractivity contribution < 1.29 is 4.74 Å². The number of ether oxygens (including phenoxy) is 1. The average Bonchev–Trinajstić information content (AvgIpc) is 2.37. The normalized spacial score (nSPS) is 21.7. The summed E-state index contributed by atoms with van der Waals surface area (Å²) in [6.45, 7) is 4.95. The molecule has 0 heterocycles. The van der Waals surface area contributed by atoms with E-state index in [0.29, 0.717) is 6.54 Å². The van der Waals surface area contributed by atoms with E-state index in [-0.39, 0.29) is 5.54 Å². The first-order valence-corrected chi connectivity index (χ1v) is 7.02. The minimum absolute atomic E-state index is 0.0907. The van der Waals surface area contributed by atoms with Gasteiger partial charge in [0.25, 0.3) is 0 Å². The van der Waals surface area contributed by atoms with E-state index in [0.717, 1.165) is 18.9 Å². The van der Waals surface area contributed by atoms with Gasteiger partial charge in [-0.05, 0) is 39.2 Å². The van der Waals surface area contributed by atoms with Crippen molar-refractivity contribution in [3.63, 3.8) is 0 Å². The maximum Gasteiger partial charge on any atom is 0.0480 e. The third-order valence-electron chi connectivity index (χ3n) is 4.46. The Bertz CT molecular complexity index is 204. The van der Waals surface area contributed by atoms with Crippen molar-refractivity contribution in [1.29, 1.82) is 0 Å². The lowest BCUT2D eigenvalue weighted by Gasteiger charge is -2.40. The minimum atomic E-state index is 0.0907. The highest BCUT2D eigenvalue weighted by Crippen LogP contribution is 2.27. The van der Waals surface area contributed by atoms with Crippen LogP contribution in [0.4, 0.5) is 0 Å². The first-order valence-electron chi connectivity index (χ1n) is 7.02. The maximum atomic E-state index is 5.96. The van der Waals surface area contributed by atoms with Crippen LogP contribution >= 0.6 is 0 Å². The minimum Gasteiger partial charge on any atom is -0.385 e. The summed E-state index contributed by atoms with van der Waals surface area (Å²) in [5, 5.41) is 0. The van der Waals surface area contributed by atoms with Crippen molar-refractivity contribution in [2.24, 2.45) is 11.7 Å². The Morgan fingerprint density at radius 1 is 1.29 bits per heavy atom. The van der Waals surface area contributed by atoms with Crippen LogP contribution in [-0.2, 0) is 4.74 Å². The number of nitrogens with two attached hydrogens (primary N) is 1. The smallest absolute Gasteiger partial charge is 0.0480 e. The molecule has 1 aliphatic carbocycles. The van der Waals surface area contributed by atoms with Crippen molar-refractivity contribution in [2.45, 2.75) is 51.0 Å². The van der Waals surface area contributed by atoms with Gasteiger partial charge in [0.2, 0.25) is 0 Å². The van der Waals surface area contributed by atoms with Crippen molar-refractivity contribution in [1.82, 2.24) is 4.90 Å². The molecular formula is C14H30N2O. The van der Waals surface area contributed by atoms with Crippen molar-refractivity contribution in [2.75, 3.05) is 33.9 Å². The predicted octanol–water partition coefficient (Wildman–Crippen LogP) is 2.25. The molecule has 3 nitrogen and oxygen atoms in total. The Balaban J connectivity index is 2.43. The summed E-state index contributed by atoms with van der Waals surface area (Å²) in [6, 6.07) is 0. The van der Waals surface area contributed by atoms with E-state index in [2.05, 4.69) is 18.9 Å². The maximum absolute atomic E-state index is 5.96. The summed E-state index contributed by atoms with van der Waals surface area (Å²) in [5.41, 5.74) is 6.05. The molecular weight excluding hydrogens is 212 g/mol. The third kappa shape index (κ3) is 4.57. The molecule has 0 amide bonds. The number of methoxy groups -OCH3 is 1. The number of likely N-dealkylation sites (N-methyl/N-ethyl adjacent to an activating group) is 1. The highest BCUT2D eigenvalue weighted by atomic mass is 16.5. The Hall–Kier alpha value is -0.120. The van der Waals surface area contributed by atoms with Crippen molar-refractivity contribution >= 4 is 0 Å². The first-order chi connectivity index (χ1) is 8.12. The van der Waals surface area contributed by atoms with Crippen LogP contribution in [0.3, 0.4) is 0 Å². The molecule has 0 saturated heterocycles. The Labute approximate surface area is 107 Å². The third-order valence-corrected chi connectivity index (χ3v) is 4.46. The highest BCUT2D eigenvalue weighted by Gasteiger charge is 2.29. The number of hydrogen-bond donors (Lipinski definition) is 1. The zero-order valence-corrected chi connectivity index (χ0v) is 11.9. The van der Waals surface area contributed by atoms with Crippen LogP contribution in [0.25, 0.3) is 0 Å². The number of hydrogen-bond acceptors (Lipinski definition) is 3. The highest BCUT2D eigenvalue weighted by molar-refractivity contribution is 4.87. The fraction of sp³-hybridized carbons (Fsp3) is 1.00. The molecule has 3 heteroatoms. The lowest BCUT2D eigenvalue weighted by atomic mass is 9.87. The van der Waals surface area contributed by atoms with Gasteiger partial charge in [0.1, 0.15) is 0 Å². The van der Waals surface area contributed by atoms with Crippen LogP contribution in [0.1, 0.15) is 45.4 Å². The molecule has 1 rings (SSSR count). The summed E-state index contributed by atoms with van der Waals surface area (Å²) in [7, 11) is 3.98. The molecule has 0 aromatic carbocycles. The summed E-state index contributed by atoms with van der Waals surface area (Å²) < 4.78 is 5.20. The van der Waals surface area contributed by atoms with Gasteiger partial charge in [0, 0.05) is 32.3 Å². The standard InChI is InChI=1S/C14H30N2O/c1-14(12-15,9-10-17-3)16(2)11-13-7-5-4-6-8-13/h13H,4-12,15H2,1-3H3. The molecule has 0 aromatic rings. The second kappa shape index (κ2) is 7.34. The van der Waals surface area contributed by atoms with E-state index in [4.69, 9.17) is 10.5 Å². The summed E-state index contributed by atoms with van der Waals surface area (Å²) >= 11 is 0. The first kappa shape index (κ1) is 14.9. The summed E-state index contributed by atoms with van der Waals surface area (Å²) in [5.74, 6) is 0.877. The van der Waals surface area contributed by atoms with Gasteiger partial charge >= 0.3 is 0 Å². The van der Waals surface area contributed by atoms with Gasteiger partial charge in [0.15, 0.2) is 0 Å². The SMILES string of the molecule is COCCC(C)(CN)N(C)CC1CCCCC1. The van der Waals surface area contributed by atoms with Gasteiger partial charge in [-0.1, -0.05) is 19.3 Å². The quantitative estimate of drug-likeness (QED) is 0.744. The molecule has 17 heavy (non-hydrogen) atoms. The van der Waals surface area contributed by atoms with Crippen molar-refractivity contribution in [3.05, 3.63) is 0 Å². The molecule has 102 valence electrons. The molecule has 1 aliphatic rings. The van der Waals surface area contributed by atoms with Gasteiger partial charge < -0.3 is 10.5 Å². The topological polar surface area (TPSA) is 38.5 Å². The molecule has 1 fully saturated rings. The van der Waals surface area contributed by atoms with E-state index < -0.39 is 0 Å². The van der Waals surface area contributed by atoms with Gasteiger partial charge in [-0.3, -0.25) is 4.90 Å².